The van der Waals surface area contributed by atoms with Gasteiger partial charge in [-0.25, -0.2) is 9.37 Å². The number of primary amides is 1. The van der Waals surface area contributed by atoms with Crippen LogP contribution in [-0.4, -0.2) is 28.0 Å². The molecule has 0 bridgehead atoms. The molecule has 0 aromatic carbocycles. The molecule has 6 N–H and O–H groups in total. The molecule has 1 saturated carbocycles. The van der Waals surface area contributed by atoms with Crippen molar-refractivity contribution in [1.29, 1.82) is 0 Å². The van der Waals surface area contributed by atoms with Gasteiger partial charge < -0.3 is 26.5 Å². The third-order valence-corrected chi connectivity index (χ3v) is 5.41. The molecule has 1 fully saturated rings. The molecule has 1 amide bonds. The van der Waals surface area contributed by atoms with Crippen molar-refractivity contribution in [3.05, 3.63) is 53.8 Å². The zero-order chi connectivity index (χ0) is 22.0. The first-order valence-corrected chi connectivity index (χ1v) is 10.2. The quantitative estimate of drug-likeness (QED) is 0.474. The SMILES string of the molecule is Cc1ccc(-c2cncc(Nc3nc(NC4CCCC[C@@H]4N)c(F)cc3C(N)=O)c2)o1. The summed E-state index contributed by atoms with van der Waals surface area (Å²) in [6, 6.07) is 6.41. The van der Waals surface area contributed by atoms with Gasteiger partial charge in [-0.1, -0.05) is 12.8 Å². The number of amides is 1. The van der Waals surface area contributed by atoms with Crippen LogP contribution in [0.25, 0.3) is 11.3 Å². The minimum Gasteiger partial charge on any atom is -0.461 e. The van der Waals surface area contributed by atoms with Crippen LogP contribution in [0.5, 0.6) is 0 Å². The number of hydrogen-bond acceptors (Lipinski definition) is 7. The summed E-state index contributed by atoms with van der Waals surface area (Å²) in [6.45, 7) is 1.85. The highest BCUT2D eigenvalue weighted by Gasteiger charge is 2.24. The molecule has 3 aromatic heterocycles. The molecule has 9 heteroatoms. The average Bonchev–Trinajstić information content (AvgIpc) is 3.18. The smallest absolute Gasteiger partial charge is 0.252 e. The third kappa shape index (κ3) is 4.66. The van der Waals surface area contributed by atoms with E-state index in [1.54, 1.807) is 18.5 Å². The summed E-state index contributed by atoms with van der Waals surface area (Å²) in [7, 11) is 0. The van der Waals surface area contributed by atoms with Gasteiger partial charge in [0.15, 0.2) is 11.6 Å². The monoisotopic (exact) mass is 424 g/mol. The van der Waals surface area contributed by atoms with Gasteiger partial charge in [0.25, 0.3) is 5.91 Å². The van der Waals surface area contributed by atoms with Gasteiger partial charge in [0.2, 0.25) is 0 Å². The van der Waals surface area contributed by atoms with Crippen molar-refractivity contribution in [3.63, 3.8) is 0 Å². The summed E-state index contributed by atoms with van der Waals surface area (Å²) >= 11 is 0. The first-order chi connectivity index (χ1) is 14.9. The van der Waals surface area contributed by atoms with Crippen LogP contribution in [0, 0.1) is 12.7 Å². The first kappa shape index (κ1) is 20.8. The van der Waals surface area contributed by atoms with E-state index < -0.39 is 11.7 Å². The second-order valence-electron chi connectivity index (χ2n) is 7.78. The Kier molecular flexibility index (Phi) is 5.85. The summed E-state index contributed by atoms with van der Waals surface area (Å²) in [6.07, 6.45) is 7.00. The van der Waals surface area contributed by atoms with Gasteiger partial charge >= 0.3 is 0 Å². The summed E-state index contributed by atoms with van der Waals surface area (Å²) < 4.78 is 20.3. The predicted molar refractivity (Wildman–Crippen MR) is 117 cm³/mol. The molecule has 2 atom stereocenters. The number of nitrogens with two attached hydrogens (primary N) is 2. The molecule has 0 saturated heterocycles. The average molecular weight is 424 g/mol. The molecule has 8 nitrogen and oxygen atoms in total. The Labute approximate surface area is 179 Å². The lowest BCUT2D eigenvalue weighted by molar-refractivity contribution is 0.100. The number of carbonyl (C=O) groups excluding carboxylic acids is 1. The molecule has 162 valence electrons. The number of aryl methyl sites for hydroxylation is 1. The Morgan fingerprint density at radius 1 is 1.19 bits per heavy atom. The van der Waals surface area contributed by atoms with Crippen LogP contribution in [0.3, 0.4) is 0 Å². The molecule has 4 rings (SSSR count). The Bertz CT molecular complexity index is 1100. The molecule has 0 spiro atoms. The fraction of sp³-hybridized carbons (Fsp3) is 0.318. The number of carbonyl (C=O) groups is 1. The summed E-state index contributed by atoms with van der Waals surface area (Å²) in [4.78, 5) is 20.4. The second kappa shape index (κ2) is 8.73. The van der Waals surface area contributed by atoms with E-state index in [2.05, 4.69) is 20.6 Å². The number of aromatic nitrogens is 2. The highest BCUT2D eigenvalue weighted by Crippen LogP contribution is 2.28. The maximum absolute atomic E-state index is 14.7. The number of anilines is 3. The second-order valence-corrected chi connectivity index (χ2v) is 7.78. The third-order valence-electron chi connectivity index (χ3n) is 5.41. The Hall–Kier alpha value is -3.46. The topological polar surface area (TPSA) is 132 Å². The first-order valence-electron chi connectivity index (χ1n) is 10.2. The van der Waals surface area contributed by atoms with E-state index in [4.69, 9.17) is 15.9 Å². The van der Waals surface area contributed by atoms with Crippen molar-refractivity contribution >= 4 is 23.2 Å². The number of halogens is 1. The number of hydrogen-bond donors (Lipinski definition) is 4. The van der Waals surface area contributed by atoms with Gasteiger partial charge in [0, 0.05) is 23.8 Å². The van der Waals surface area contributed by atoms with E-state index in [1.807, 2.05) is 19.1 Å². The standard InChI is InChI=1S/C22H25FN6O2/c1-12-6-7-19(31-12)13-8-14(11-26-10-13)27-21-15(20(25)30)9-16(23)22(29-21)28-18-5-3-2-4-17(18)24/h6-11,17-18H,2-5,24H2,1H3,(H2,25,30)(H2,27,28,29)/t17-,18?/m0/s1. The Morgan fingerprint density at radius 3 is 2.71 bits per heavy atom. The van der Waals surface area contributed by atoms with Gasteiger partial charge in [-0.2, -0.15) is 0 Å². The van der Waals surface area contributed by atoms with Crippen molar-refractivity contribution in [2.75, 3.05) is 10.6 Å². The van der Waals surface area contributed by atoms with E-state index in [0.717, 1.165) is 43.1 Å². The molecule has 1 aliphatic rings. The van der Waals surface area contributed by atoms with Crippen LogP contribution in [0.2, 0.25) is 0 Å². The molecule has 0 aliphatic heterocycles. The van der Waals surface area contributed by atoms with Crippen LogP contribution >= 0.6 is 0 Å². The van der Waals surface area contributed by atoms with Crippen LogP contribution in [0.15, 0.2) is 41.1 Å². The van der Waals surface area contributed by atoms with Crippen molar-refractivity contribution in [2.24, 2.45) is 11.5 Å². The minimum atomic E-state index is -0.791. The molecule has 1 aliphatic carbocycles. The molecular formula is C22H25FN6O2. The largest absolute Gasteiger partial charge is 0.461 e. The lowest BCUT2D eigenvalue weighted by atomic mass is 9.91. The summed E-state index contributed by atoms with van der Waals surface area (Å²) in [5, 5.41) is 6.13. The van der Waals surface area contributed by atoms with Crippen molar-refractivity contribution in [3.8, 4) is 11.3 Å². The number of nitrogens with zero attached hydrogens (tertiary/aromatic N) is 2. The fourth-order valence-electron chi connectivity index (χ4n) is 3.76. The van der Waals surface area contributed by atoms with Crippen LogP contribution < -0.4 is 22.1 Å². The lowest BCUT2D eigenvalue weighted by Gasteiger charge is -2.30. The molecule has 0 radical (unpaired) electrons. The zero-order valence-electron chi connectivity index (χ0n) is 17.2. The maximum atomic E-state index is 14.7. The molecule has 31 heavy (non-hydrogen) atoms. The van der Waals surface area contributed by atoms with Crippen LogP contribution in [0.4, 0.5) is 21.7 Å². The van der Waals surface area contributed by atoms with E-state index >= 15 is 0 Å². The highest BCUT2D eigenvalue weighted by molar-refractivity contribution is 5.98. The van der Waals surface area contributed by atoms with Crippen molar-refractivity contribution < 1.29 is 13.6 Å². The highest BCUT2D eigenvalue weighted by atomic mass is 19.1. The number of rotatable bonds is 6. The summed E-state index contributed by atoms with van der Waals surface area (Å²) in [5.74, 6) is 0.150. The molecule has 3 aromatic rings. The van der Waals surface area contributed by atoms with E-state index in [9.17, 15) is 9.18 Å². The van der Waals surface area contributed by atoms with Gasteiger partial charge in [-0.3, -0.25) is 9.78 Å². The predicted octanol–water partition coefficient (Wildman–Crippen LogP) is 3.71. The van der Waals surface area contributed by atoms with Gasteiger partial charge in [0.1, 0.15) is 17.3 Å². The van der Waals surface area contributed by atoms with Crippen LogP contribution in [0.1, 0.15) is 41.8 Å². The Balaban J connectivity index is 1.64. The zero-order valence-corrected chi connectivity index (χ0v) is 17.2. The maximum Gasteiger partial charge on any atom is 0.252 e. The Morgan fingerprint density at radius 2 is 2.00 bits per heavy atom. The number of furan rings is 1. The summed E-state index contributed by atoms with van der Waals surface area (Å²) in [5.41, 5.74) is 12.9. The number of nitrogens with one attached hydrogen (secondary N) is 2. The minimum absolute atomic E-state index is 0.0284. The van der Waals surface area contributed by atoms with Crippen molar-refractivity contribution in [1.82, 2.24) is 9.97 Å². The van der Waals surface area contributed by atoms with Crippen molar-refractivity contribution in [2.45, 2.75) is 44.7 Å². The van der Waals surface area contributed by atoms with Gasteiger partial charge in [-0.15, -0.1) is 0 Å². The van der Waals surface area contributed by atoms with E-state index in [1.165, 1.54) is 0 Å². The lowest BCUT2D eigenvalue weighted by Crippen LogP contribution is -2.43. The van der Waals surface area contributed by atoms with E-state index in [-0.39, 0.29) is 29.3 Å². The molecule has 3 heterocycles. The van der Waals surface area contributed by atoms with Gasteiger partial charge in [0.05, 0.1) is 17.4 Å². The van der Waals surface area contributed by atoms with E-state index in [0.29, 0.717) is 11.4 Å². The normalized spacial score (nSPS) is 18.5. The molecular weight excluding hydrogens is 399 g/mol. The number of pyridine rings is 2. The van der Waals surface area contributed by atoms with Crippen LogP contribution in [-0.2, 0) is 0 Å². The van der Waals surface area contributed by atoms with Gasteiger partial charge in [-0.05, 0) is 44.0 Å². The molecule has 1 unspecified atom stereocenters. The fourth-order valence-corrected chi connectivity index (χ4v) is 3.76.